The molecule has 2 unspecified atom stereocenters. The monoisotopic (exact) mass is 511 g/mol. The number of sulfone groups is 1. The molecular formula is C23H24F3N3O5S. The van der Waals surface area contributed by atoms with Crippen molar-refractivity contribution in [2.75, 3.05) is 11.6 Å². The molecule has 188 valence electrons. The largest absolute Gasteiger partial charge is 0.421 e. The van der Waals surface area contributed by atoms with Gasteiger partial charge in [0.2, 0.25) is 0 Å². The maximum Gasteiger partial charge on any atom is 0.421 e. The summed E-state index contributed by atoms with van der Waals surface area (Å²) in [7, 11) is -3.50. The molecule has 1 heterocycles. The van der Waals surface area contributed by atoms with Gasteiger partial charge >= 0.3 is 12.2 Å². The lowest BCUT2D eigenvalue weighted by Crippen LogP contribution is -2.43. The van der Waals surface area contributed by atoms with Crippen LogP contribution in [0.4, 0.5) is 23.7 Å². The first-order chi connectivity index (χ1) is 16.2. The summed E-state index contributed by atoms with van der Waals surface area (Å²) in [4.78, 5) is 27.4. The van der Waals surface area contributed by atoms with Gasteiger partial charge in [0.15, 0.2) is 15.4 Å². The second kappa shape index (κ2) is 8.52. The normalized spacial score (nSPS) is 19.6. The zero-order valence-electron chi connectivity index (χ0n) is 18.9. The van der Waals surface area contributed by atoms with Crippen LogP contribution in [-0.4, -0.2) is 48.8 Å². The molecule has 8 nitrogen and oxygen atoms in total. The Hall–Kier alpha value is -3.12. The summed E-state index contributed by atoms with van der Waals surface area (Å²) < 4.78 is 63.2. The molecule has 4 rings (SSSR count). The number of hydrogen-bond acceptors (Lipinski definition) is 5. The molecule has 1 aliphatic carbocycles. The van der Waals surface area contributed by atoms with Crippen molar-refractivity contribution in [1.29, 1.82) is 0 Å². The number of alkyl halides is 3. The third-order valence-electron chi connectivity index (χ3n) is 6.17. The predicted octanol–water partition coefficient (Wildman–Crippen LogP) is 3.23. The first-order valence-corrected chi connectivity index (χ1v) is 12.7. The number of carbonyl (C=O) groups excluding carboxylic acids is 2. The van der Waals surface area contributed by atoms with Crippen molar-refractivity contribution in [2.45, 2.75) is 55.1 Å². The third kappa shape index (κ3) is 4.98. The van der Waals surface area contributed by atoms with Gasteiger partial charge in [-0.3, -0.25) is 4.79 Å². The smallest absolute Gasteiger partial charge is 0.376 e. The van der Waals surface area contributed by atoms with Crippen molar-refractivity contribution >= 4 is 27.5 Å². The van der Waals surface area contributed by atoms with Crippen LogP contribution in [0.2, 0.25) is 0 Å². The van der Waals surface area contributed by atoms with E-state index in [-0.39, 0.29) is 23.2 Å². The van der Waals surface area contributed by atoms with Crippen LogP contribution in [-0.2, 0) is 26.8 Å². The first-order valence-electron chi connectivity index (χ1n) is 10.8. The van der Waals surface area contributed by atoms with Crippen LogP contribution in [0.3, 0.4) is 0 Å². The Morgan fingerprint density at radius 3 is 2.26 bits per heavy atom. The highest BCUT2D eigenvalue weighted by atomic mass is 32.2. The van der Waals surface area contributed by atoms with E-state index < -0.39 is 45.2 Å². The fourth-order valence-electron chi connectivity index (χ4n) is 3.87. The van der Waals surface area contributed by atoms with Crippen molar-refractivity contribution in [3.05, 3.63) is 59.2 Å². The Morgan fingerprint density at radius 1 is 1.09 bits per heavy atom. The Balaban J connectivity index is 1.60. The standard InChI is InChI=1S/C23H24F3N3O5S/c1-22(32,23(24,25)26)14-3-5-15(6-4-14)27-20(30)19-18-10-9-17(35(2,33)34)11-13(18)12-29(19)21(31)28-16-7-8-16/h3-6,9-11,16,19,32H,7-8,12H2,1-2H3,(H,27,30)(H,28,31). The molecule has 2 aromatic carbocycles. The molecule has 2 atom stereocenters. The number of nitrogens with zero attached hydrogens (tertiary/aromatic N) is 1. The highest BCUT2D eigenvalue weighted by Gasteiger charge is 2.51. The molecule has 1 aliphatic heterocycles. The van der Waals surface area contributed by atoms with Crippen LogP contribution in [0.5, 0.6) is 0 Å². The summed E-state index contributed by atoms with van der Waals surface area (Å²) >= 11 is 0. The Kier molecular flexibility index (Phi) is 6.08. The summed E-state index contributed by atoms with van der Waals surface area (Å²) in [6.07, 6.45) is -2.16. The first kappa shape index (κ1) is 25.0. The maximum absolute atomic E-state index is 13.2. The highest BCUT2D eigenvalue weighted by molar-refractivity contribution is 7.90. The predicted molar refractivity (Wildman–Crippen MR) is 120 cm³/mol. The van der Waals surface area contributed by atoms with Gasteiger partial charge in [0.1, 0.15) is 6.04 Å². The minimum absolute atomic E-state index is 0.0166. The van der Waals surface area contributed by atoms with Crippen LogP contribution in [0, 0.1) is 0 Å². The van der Waals surface area contributed by atoms with Crippen LogP contribution < -0.4 is 10.6 Å². The van der Waals surface area contributed by atoms with Crippen molar-refractivity contribution in [3.8, 4) is 0 Å². The summed E-state index contributed by atoms with van der Waals surface area (Å²) in [5, 5.41) is 15.2. The van der Waals surface area contributed by atoms with E-state index in [9.17, 15) is 36.3 Å². The molecule has 0 aromatic heterocycles. The van der Waals surface area contributed by atoms with Crippen molar-refractivity contribution in [3.63, 3.8) is 0 Å². The zero-order valence-corrected chi connectivity index (χ0v) is 19.7. The Bertz CT molecular complexity index is 1270. The fraction of sp³-hybridized carbons (Fsp3) is 0.391. The molecule has 1 fully saturated rings. The van der Waals surface area contributed by atoms with Crippen LogP contribution in [0.15, 0.2) is 47.4 Å². The van der Waals surface area contributed by atoms with E-state index >= 15 is 0 Å². The highest BCUT2D eigenvalue weighted by Crippen LogP contribution is 2.39. The van der Waals surface area contributed by atoms with Crippen LogP contribution >= 0.6 is 0 Å². The zero-order chi connectivity index (χ0) is 25.8. The second-order valence-electron chi connectivity index (χ2n) is 9.02. The lowest BCUT2D eigenvalue weighted by atomic mass is 9.95. The minimum Gasteiger partial charge on any atom is -0.376 e. The molecule has 0 spiro atoms. The van der Waals surface area contributed by atoms with E-state index in [1.165, 1.54) is 35.2 Å². The molecule has 35 heavy (non-hydrogen) atoms. The number of hydrogen-bond donors (Lipinski definition) is 3. The quantitative estimate of drug-likeness (QED) is 0.570. The summed E-state index contributed by atoms with van der Waals surface area (Å²) in [5.41, 5.74) is -2.32. The average Bonchev–Trinajstić information content (AvgIpc) is 3.48. The lowest BCUT2D eigenvalue weighted by Gasteiger charge is -2.27. The molecule has 3 N–H and O–H groups in total. The molecular weight excluding hydrogens is 487 g/mol. The van der Waals surface area contributed by atoms with Crippen LogP contribution in [0.1, 0.15) is 42.5 Å². The third-order valence-corrected chi connectivity index (χ3v) is 7.28. The number of aliphatic hydroxyl groups is 1. The number of rotatable bonds is 5. The van der Waals surface area contributed by atoms with Crippen molar-refractivity contribution in [2.24, 2.45) is 0 Å². The maximum atomic E-state index is 13.2. The molecule has 1 saturated carbocycles. The number of halogens is 3. The van der Waals surface area contributed by atoms with E-state index in [2.05, 4.69) is 10.6 Å². The number of carbonyl (C=O) groups is 2. The average molecular weight is 512 g/mol. The molecule has 2 aromatic rings. The van der Waals surface area contributed by atoms with Crippen molar-refractivity contribution < 1.29 is 36.3 Å². The van der Waals surface area contributed by atoms with Gasteiger partial charge in [-0.15, -0.1) is 0 Å². The van der Waals surface area contributed by atoms with Crippen LogP contribution in [0.25, 0.3) is 0 Å². The van der Waals surface area contributed by atoms with E-state index in [1.54, 1.807) is 0 Å². The molecule has 3 amide bonds. The topological polar surface area (TPSA) is 116 Å². The summed E-state index contributed by atoms with van der Waals surface area (Å²) in [6, 6.07) is 7.34. The van der Waals surface area contributed by atoms with Gasteiger partial charge in [-0.1, -0.05) is 18.2 Å². The number of anilines is 1. The summed E-state index contributed by atoms with van der Waals surface area (Å²) in [6.45, 7) is 0.653. The molecule has 0 radical (unpaired) electrons. The van der Waals surface area contributed by atoms with Crippen molar-refractivity contribution in [1.82, 2.24) is 10.2 Å². The fourth-order valence-corrected chi connectivity index (χ4v) is 4.54. The minimum atomic E-state index is -4.88. The molecule has 2 aliphatic rings. The summed E-state index contributed by atoms with van der Waals surface area (Å²) in [5.74, 6) is -0.614. The number of nitrogens with one attached hydrogen (secondary N) is 2. The van der Waals surface area contributed by atoms with Gasteiger partial charge in [0.05, 0.1) is 4.90 Å². The molecule has 0 saturated heterocycles. The number of urea groups is 1. The van der Waals surface area contributed by atoms with E-state index in [1.807, 2.05) is 0 Å². The van der Waals surface area contributed by atoms with Gasteiger partial charge in [0.25, 0.3) is 5.91 Å². The lowest BCUT2D eigenvalue weighted by molar-refractivity contribution is -0.258. The van der Waals surface area contributed by atoms with E-state index in [0.717, 1.165) is 31.2 Å². The van der Waals surface area contributed by atoms with Gasteiger partial charge < -0.3 is 20.6 Å². The van der Waals surface area contributed by atoms with Gasteiger partial charge in [-0.25, -0.2) is 13.2 Å². The molecule has 0 bridgehead atoms. The Morgan fingerprint density at radius 2 is 1.71 bits per heavy atom. The van der Waals surface area contributed by atoms with Gasteiger partial charge in [-0.2, -0.15) is 13.2 Å². The van der Waals surface area contributed by atoms with E-state index in [0.29, 0.717) is 18.1 Å². The van der Waals surface area contributed by atoms with Gasteiger partial charge in [0, 0.05) is 24.5 Å². The Labute approximate surface area is 200 Å². The number of benzene rings is 2. The number of fused-ring (bicyclic) bond motifs is 1. The SMILES string of the molecule is CC(O)(c1ccc(NC(=O)C2c3ccc(S(C)(=O)=O)cc3CN2C(=O)NC2CC2)cc1)C(F)(F)F. The van der Waals surface area contributed by atoms with E-state index in [4.69, 9.17) is 0 Å². The number of amides is 3. The second-order valence-corrected chi connectivity index (χ2v) is 11.0. The molecule has 12 heteroatoms. The van der Waals surface area contributed by atoms with Gasteiger partial charge in [-0.05, 0) is 60.7 Å².